The summed E-state index contributed by atoms with van der Waals surface area (Å²) in [6, 6.07) is 15.0. The van der Waals surface area contributed by atoms with Crippen LogP contribution in [0, 0.1) is 18.3 Å². The first kappa shape index (κ1) is 14.8. The summed E-state index contributed by atoms with van der Waals surface area (Å²) in [6.07, 6.45) is 0. The highest BCUT2D eigenvalue weighted by Gasteiger charge is 2.06. The molecule has 1 unspecified atom stereocenters. The van der Waals surface area contributed by atoms with Crippen LogP contribution < -0.4 is 0 Å². The molecule has 2 aromatic carbocycles. The van der Waals surface area contributed by atoms with E-state index in [0.29, 0.717) is 22.1 Å². The van der Waals surface area contributed by atoms with Gasteiger partial charge in [-0.25, -0.2) is 0 Å². The van der Waals surface area contributed by atoms with E-state index >= 15 is 0 Å². The molecule has 0 amide bonds. The summed E-state index contributed by atoms with van der Waals surface area (Å²) in [5.41, 5.74) is 3.68. The number of hydrogen-bond donors (Lipinski definition) is 0. The zero-order chi connectivity index (χ0) is 14.5. The Morgan fingerprint density at radius 2 is 1.85 bits per heavy atom. The summed E-state index contributed by atoms with van der Waals surface area (Å²) in [6.45, 7) is 1.94. The predicted molar refractivity (Wildman–Crippen MR) is 82.9 cm³/mol. The Labute approximate surface area is 126 Å². The molecule has 0 saturated carbocycles. The van der Waals surface area contributed by atoms with Crippen molar-refractivity contribution in [1.82, 2.24) is 0 Å². The van der Waals surface area contributed by atoms with Crippen molar-refractivity contribution < 1.29 is 4.21 Å². The van der Waals surface area contributed by atoms with Crippen LogP contribution in [-0.2, 0) is 22.3 Å². The minimum Gasteiger partial charge on any atom is -0.259 e. The smallest absolute Gasteiger partial charge is 0.0991 e. The molecule has 20 heavy (non-hydrogen) atoms. The van der Waals surface area contributed by atoms with Gasteiger partial charge in [0.05, 0.1) is 11.6 Å². The number of halogens is 1. The van der Waals surface area contributed by atoms with E-state index < -0.39 is 10.8 Å². The van der Waals surface area contributed by atoms with E-state index in [-0.39, 0.29) is 0 Å². The van der Waals surface area contributed by atoms with E-state index in [1.54, 1.807) is 18.2 Å². The van der Waals surface area contributed by atoms with E-state index in [9.17, 15) is 4.21 Å². The average molecular weight is 304 g/mol. The van der Waals surface area contributed by atoms with Crippen molar-refractivity contribution in [3.8, 4) is 6.07 Å². The van der Waals surface area contributed by atoms with Gasteiger partial charge in [-0.3, -0.25) is 4.21 Å². The first-order valence-corrected chi connectivity index (χ1v) is 8.04. The van der Waals surface area contributed by atoms with E-state index in [1.807, 2.05) is 31.2 Å². The molecule has 0 aliphatic carbocycles. The third-order valence-electron chi connectivity index (χ3n) is 3.03. The van der Waals surface area contributed by atoms with Crippen LogP contribution in [0.25, 0.3) is 0 Å². The molecule has 0 aliphatic heterocycles. The normalized spacial score (nSPS) is 11.8. The largest absolute Gasteiger partial charge is 0.259 e. The Morgan fingerprint density at radius 1 is 1.15 bits per heavy atom. The van der Waals surface area contributed by atoms with Crippen molar-refractivity contribution in [2.45, 2.75) is 18.4 Å². The molecule has 0 aliphatic rings. The third kappa shape index (κ3) is 3.93. The van der Waals surface area contributed by atoms with Crippen LogP contribution in [-0.4, -0.2) is 4.21 Å². The fourth-order valence-electron chi connectivity index (χ4n) is 1.92. The lowest BCUT2D eigenvalue weighted by molar-refractivity contribution is 0.682. The van der Waals surface area contributed by atoms with E-state index in [4.69, 9.17) is 16.9 Å². The SMILES string of the molecule is Cc1cc(C#N)ccc1CS(=O)Cc1ccc(Cl)cc1. The zero-order valence-electron chi connectivity index (χ0n) is 11.1. The first-order valence-electron chi connectivity index (χ1n) is 6.17. The highest BCUT2D eigenvalue weighted by molar-refractivity contribution is 7.83. The average Bonchev–Trinajstić information content (AvgIpc) is 2.43. The summed E-state index contributed by atoms with van der Waals surface area (Å²) >= 11 is 5.83. The summed E-state index contributed by atoms with van der Waals surface area (Å²) in [7, 11) is -0.973. The van der Waals surface area contributed by atoms with Gasteiger partial charge >= 0.3 is 0 Å². The van der Waals surface area contributed by atoms with Gasteiger partial charge in [0.15, 0.2) is 0 Å². The highest BCUT2D eigenvalue weighted by atomic mass is 35.5. The van der Waals surface area contributed by atoms with Gasteiger partial charge in [0.2, 0.25) is 0 Å². The van der Waals surface area contributed by atoms with E-state index in [1.165, 1.54) is 0 Å². The van der Waals surface area contributed by atoms with Crippen molar-refractivity contribution in [3.05, 3.63) is 69.7 Å². The van der Waals surface area contributed by atoms with Gasteiger partial charge in [-0.05, 0) is 47.9 Å². The Balaban J connectivity index is 2.05. The number of benzene rings is 2. The lowest BCUT2D eigenvalue weighted by Crippen LogP contribution is -2.01. The van der Waals surface area contributed by atoms with Gasteiger partial charge in [-0.1, -0.05) is 29.8 Å². The number of hydrogen-bond acceptors (Lipinski definition) is 2. The maximum Gasteiger partial charge on any atom is 0.0991 e. The molecule has 0 saturated heterocycles. The van der Waals surface area contributed by atoms with Crippen LogP contribution in [0.2, 0.25) is 5.02 Å². The standard InChI is InChI=1S/C16H14ClNOS/c1-12-8-14(9-18)2-5-15(12)11-20(19)10-13-3-6-16(17)7-4-13/h2-8H,10-11H2,1H3. The lowest BCUT2D eigenvalue weighted by Gasteiger charge is -2.07. The Bertz CT molecular complexity index is 674. The van der Waals surface area contributed by atoms with Gasteiger partial charge < -0.3 is 0 Å². The number of nitriles is 1. The van der Waals surface area contributed by atoms with Crippen molar-refractivity contribution >= 4 is 22.4 Å². The van der Waals surface area contributed by atoms with E-state index in [2.05, 4.69) is 6.07 Å². The van der Waals surface area contributed by atoms with Gasteiger partial charge in [0.25, 0.3) is 0 Å². The number of aryl methyl sites for hydroxylation is 1. The monoisotopic (exact) mass is 303 g/mol. The lowest BCUT2D eigenvalue weighted by atomic mass is 10.1. The Kier molecular flexibility index (Phi) is 4.94. The molecular weight excluding hydrogens is 290 g/mol. The highest BCUT2D eigenvalue weighted by Crippen LogP contribution is 2.16. The zero-order valence-corrected chi connectivity index (χ0v) is 12.7. The molecule has 4 heteroatoms. The topological polar surface area (TPSA) is 40.9 Å². The summed E-state index contributed by atoms with van der Waals surface area (Å²) < 4.78 is 12.2. The number of rotatable bonds is 4. The molecule has 0 fully saturated rings. The summed E-state index contributed by atoms with van der Waals surface area (Å²) in [4.78, 5) is 0. The van der Waals surface area contributed by atoms with Crippen molar-refractivity contribution in [2.24, 2.45) is 0 Å². The molecule has 0 radical (unpaired) electrons. The predicted octanol–water partition coefficient (Wildman–Crippen LogP) is 3.97. The van der Waals surface area contributed by atoms with Crippen LogP contribution in [0.4, 0.5) is 0 Å². The van der Waals surface area contributed by atoms with Crippen molar-refractivity contribution in [2.75, 3.05) is 0 Å². The van der Waals surface area contributed by atoms with Crippen LogP contribution in [0.15, 0.2) is 42.5 Å². The molecule has 0 spiro atoms. The fourth-order valence-corrected chi connectivity index (χ4v) is 3.38. The summed E-state index contributed by atoms with van der Waals surface area (Å²) in [5, 5.41) is 9.51. The second-order valence-corrected chi connectivity index (χ2v) is 6.50. The maximum atomic E-state index is 12.2. The Morgan fingerprint density at radius 3 is 2.45 bits per heavy atom. The summed E-state index contributed by atoms with van der Waals surface area (Å²) in [5.74, 6) is 1.01. The van der Waals surface area contributed by atoms with E-state index in [0.717, 1.165) is 16.7 Å². The first-order chi connectivity index (χ1) is 9.58. The van der Waals surface area contributed by atoms with Gasteiger partial charge in [0.1, 0.15) is 0 Å². The molecule has 2 rings (SSSR count). The molecular formula is C16H14ClNOS. The van der Waals surface area contributed by atoms with Gasteiger partial charge in [0, 0.05) is 27.3 Å². The fraction of sp³-hybridized carbons (Fsp3) is 0.188. The van der Waals surface area contributed by atoms with Crippen molar-refractivity contribution in [3.63, 3.8) is 0 Å². The van der Waals surface area contributed by atoms with Crippen LogP contribution in [0.5, 0.6) is 0 Å². The molecule has 0 N–H and O–H groups in total. The molecule has 1 atom stereocenters. The van der Waals surface area contributed by atoms with Crippen molar-refractivity contribution in [1.29, 1.82) is 5.26 Å². The maximum absolute atomic E-state index is 12.2. The minimum atomic E-state index is -0.973. The van der Waals surface area contributed by atoms with Gasteiger partial charge in [-0.2, -0.15) is 5.26 Å². The minimum absolute atomic E-state index is 0.500. The van der Waals surface area contributed by atoms with Gasteiger partial charge in [-0.15, -0.1) is 0 Å². The second kappa shape index (κ2) is 6.69. The van der Waals surface area contributed by atoms with Crippen LogP contribution >= 0.6 is 11.6 Å². The quantitative estimate of drug-likeness (QED) is 0.857. The molecule has 0 heterocycles. The molecule has 2 aromatic rings. The molecule has 2 nitrogen and oxygen atoms in total. The second-order valence-electron chi connectivity index (χ2n) is 4.61. The number of nitrogens with zero attached hydrogens (tertiary/aromatic N) is 1. The molecule has 102 valence electrons. The molecule has 0 aromatic heterocycles. The van der Waals surface area contributed by atoms with Crippen LogP contribution in [0.3, 0.4) is 0 Å². The third-order valence-corrected chi connectivity index (χ3v) is 4.57. The Hall–Kier alpha value is -1.63. The van der Waals surface area contributed by atoms with Crippen LogP contribution in [0.1, 0.15) is 22.3 Å². The molecule has 0 bridgehead atoms.